The molecular weight excluding hydrogens is 242 g/mol. The Morgan fingerprint density at radius 3 is 2.89 bits per heavy atom. The van der Waals surface area contributed by atoms with E-state index in [9.17, 15) is 4.79 Å². The molecule has 0 saturated carbocycles. The van der Waals surface area contributed by atoms with E-state index < -0.39 is 0 Å². The van der Waals surface area contributed by atoms with Gasteiger partial charge in [0.05, 0.1) is 24.5 Å². The maximum Gasteiger partial charge on any atom is 0.222 e. The number of amides is 1. The number of aryl methyl sites for hydroxylation is 2. The van der Waals surface area contributed by atoms with Crippen LogP contribution in [0.2, 0.25) is 0 Å². The molecule has 2 heterocycles. The minimum absolute atomic E-state index is 0.00328. The highest BCUT2D eigenvalue weighted by atomic mass is 16.3. The third kappa shape index (κ3) is 3.47. The first-order chi connectivity index (χ1) is 9.06. The number of rotatable bonds is 5. The fourth-order valence-electron chi connectivity index (χ4n) is 2.12. The Labute approximate surface area is 112 Å². The van der Waals surface area contributed by atoms with Crippen LogP contribution in [0.1, 0.15) is 36.5 Å². The van der Waals surface area contributed by atoms with Crippen LogP contribution < -0.4 is 5.32 Å². The van der Waals surface area contributed by atoms with Gasteiger partial charge in [0.15, 0.2) is 0 Å². The van der Waals surface area contributed by atoms with Crippen LogP contribution in [-0.4, -0.2) is 15.7 Å². The van der Waals surface area contributed by atoms with Gasteiger partial charge in [0, 0.05) is 12.1 Å². The van der Waals surface area contributed by atoms with Gasteiger partial charge in [0.2, 0.25) is 5.91 Å². The topological polar surface area (TPSA) is 60.1 Å². The standard InChI is InChI=1S/C14H19N3O2/c1-10-7-11(2)17(16-10)12(3)8-14(18)15-9-13-5-4-6-19-13/h4-7,12H,8-9H2,1-3H3,(H,15,18). The first-order valence-electron chi connectivity index (χ1n) is 6.38. The monoisotopic (exact) mass is 261 g/mol. The summed E-state index contributed by atoms with van der Waals surface area (Å²) >= 11 is 0. The van der Waals surface area contributed by atoms with Crippen LogP contribution in [-0.2, 0) is 11.3 Å². The van der Waals surface area contributed by atoms with Gasteiger partial charge < -0.3 is 9.73 Å². The van der Waals surface area contributed by atoms with Crippen molar-refractivity contribution in [2.24, 2.45) is 0 Å². The van der Waals surface area contributed by atoms with Crippen LogP contribution in [0.25, 0.3) is 0 Å². The zero-order valence-electron chi connectivity index (χ0n) is 11.5. The molecule has 0 aliphatic heterocycles. The summed E-state index contributed by atoms with van der Waals surface area (Å²) in [7, 11) is 0. The molecule has 1 N–H and O–H groups in total. The van der Waals surface area contributed by atoms with Crippen LogP contribution in [0.4, 0.5) is 0 Å². The lowest BCUT2D eigenvalue weighted by atomic mass is 10.2. The molecule has 0 radical (unpaired) electrons. The summed E-state index contributed by atoms with van der Waals surface area (Å²) in [6.07, 6.45) is 2.00. The highest BCUT2D eigenvalue weighted by molar-refractivity contribution is 5.76. The molecule has 102 valence electrons. The third-order valence-corrected chi connectivity index (χ3v) is 2.98. The van der Waals surface area contributed by atoms with E-state index in [1.54, 1.807) is 12.3 Å². The predicted molar refractivity (Wildman–Crippen MR) is 71.6 cm³/mol. The number of nitrogens with one attached hydrogen (secondary N) is 1. The average Bonchev–Trinajstić information content (AvgIpc) is 2.96. The maximum atomic E-state index is 11.8. The first-order valence-corrected chi connectivity index (χ1v) is 6.38. The van der Waals surface area contributed by atoms with Crippen molar-refractivity contribution in [3.63, 3.8) is 0 Å². The highest BCUT2D eigenvalue weighted by Crippen LogP contribution is 2.14. The van der Waals surface area contributed by atoms with E-state index in [1.165, 1.54) is 0 Å². The summed E-state index contributed by atoms with van der Waals surface area (Å²) in [6.45, 7) is 6.37. The van der Waals surface area contributed by atoms with Gasteiger partial charge in [-0.25, -0.2) is 0 Å². The van der Waals surface area contributed by atoms with Gasteiger partial charge in [0.25, 0.3) is 0 Å². The zero-order chi connectivity index (χ0) is 13.8. The number of hydrogen-bond donors (Lipinski definition) is 1. The molecule has 0 saturated heterocycles. The Hall–Kier alpha value is -2.04. The minimum atomic E-state index is -0.00328. The molecule has 19 heavy (non-hydrogen) atoms. The van der Waals surface area contributed by atoms with E-state index >= 15 is 0 Å². The maximum absolute atomic E-state index is 11.8. The van der Waals surface area contributed by atoms with Crippen LogP contribution in [0, 0.1) is 13.8 Å². The van der Waals surface area contributed by atoms with E-state index in [-0.39, 0.29) is 11.9 Å². The molecular formula is C14H19N3O2. The summed E-state index contributed by atoms with van der Waals surface area (Å²) < 4.78 is 7.05. The quantitative estimate of drug-likeness (QED) is 0.898. The Bertz CT molecular complexity index is 543. The van der Waals surface area contributed by atoms with Crippen molar-refractivity contribution in [1.82, 2.24) is 15.1 Å². The molecule has 2 aromatic heterocycles. The number of aromatic nitrogens is 2. The Morgan fingerprint density at radius 1 is 1.53 bits per heavy atom. The second kappa shape index (κ2) is 5.73. The number of nitrogens with zero attached hydrogens (tertiary/aromatic N) is 2. The van der Waals surface area contributed by atoms with Gasteiger partial charge in [-0.15, -0.1) is 0 Å². The van der Waals surface area contributed by atoms with Crippen LogP contribution in [0.3, 0.4) is 0 Å². The van der Waals surface area contributed by atoms with Gasteiger partial charge in [0.1, 0.15) is 5.76 Å². The first kappa shape index (κ1) is 13.4. The van der Waals surface area contributed by atoms with Crippen molar-refractivity contribution < 1.29 is 9.21 Å². The number of carbonyl (C=O) groups excluding carboxylic acids is 1. The highest BCUT2D eigenvalue weighted by Gasteiger charge is 2.13. The van der Waals surface area contributed by atoms with Crippen molar-refractivity contribution in [3.05, 3.63) is 41.6 Å². The van der Waals surface area contributed by atoms with Gasteiger partial charge in [-0.1, -0.05) is 0 Å². The molecule has 0 aliphatic carbocycles. The van der Waals surface area contributed by atoms with Gasteiger partial charge in [-0.2, -0.15) is 5.10 Å². The largest absolute Gasteiger partial charge is 0.467 e. The summed E-state index contributed by atoms with van der Waals surface area (Å²) in [6, 6.07) is 5.70. The minimum Gasteiger partial charge on any atom is -0.467 e. The van der Waals surface area contributed by atoms with Crippen LogP contribution >= 0.6 is 0 Å². The summed E-state index contributed by atoms with van der Waals surface area (Å²) in [5.74, 6) is 0.753. The van der Waals surface area contributed by atoms with Crippen molar-refractivity contribution >= 4 is 5.91 Å². The van der Waals surface area contributed by atoms with Gasteiger partial charge in [-0.3, -0.25) is 9.48 Å². The number of hydrogen-bond acceptors (Lipinski definition) is 3. The fourth-order valence-corrected chi connectivity index (χ4v) is 2.12. The molecule has 2 aromatic rings. The molecule has 0 aromatic carbocycles. The molecule has 0 fully saturated rings. The number of carbonyl (C=O) groups is 1. The zero-order valence-corrected chi connectivity index (χ0v) is 11.5. The predicted octanol–water partition coefficient (Wildman–Crippen LogP) is 2.36. The van der Waals surface area contributed by atoms with Crippen LogP contribution in [0.5, 0.6) is 0 Å². The van der Waals surface area contributed by atoms with Gasteiger partial charge >= 0.3 is 0 Å². The molecule has 1 amide bonds. The summed E-state index contributed by atoms with van der Waals surface area (Å²) in [5, 5.41) is 7.23. The molecule has 0 spiro atoms. The van der Waals surface area contributed by atoms with E-state index in [4.69, 9.17) is 4.42 Å². The van der Waals surface area contributed by atoms with Crippen molar-refractivity contribution in [3.8, 4) is 0 Å². The fraction of sp³-hybridized carbons (Fsp3) is 0.429. The van der Waals surface area contributed by atoms with E-state index in [1.807, 2.05) is 37.6 Å². The van der Waals surface area contributed by atoms with Gasteiger partial charge in [-0.05, 0) is 39.0 Å². The average molecular weight is 261 g/mol. The number of furan rings is 1. The lowest BCUT2D eigenvalue weighted by Crippen LogP contribution is -2.25. The second-order valence-electron chi connectivity index (χ2n) is 4.78. The lowest BCUT2D eigenvalue weighted by Gasteiger charge is -2.13. The molecule has 1 atom stereocenters. The van der Waals surface area contributed by atoms with E-state index in [0.29, 0.717) is 13.0 Å². The van der Waals surface area contributed by atoms with E-state index in [2.05, 4.69) is 10.4 Å². The summed E-state index contributed by atoms with van der Waals surface area (Å²) in [5.41, 5.74) is 2.05. The summed E-state index contributed by atoms with van der Waals surface area (Å²) in [4.78, 5) is 11.8. The molecule has 5 nitrogen and oxygen atoms in total. The van der Waals surface area contributed by atoms with E-state index in [0.717, 1.165) is 17.1 Å². The normalized spacial score (nSPS) is 12.4. The SMILES string of the molecule is Cc1cc(C)n(C(C)CC(=O)NCc2ccco2)n1. The molecule has 1 unspecified atom stereocenters. The third-order valence-electron chi connectivity index (χ3n) is 2.98. The smallest absolute Gasteiger partial charge is 0.222 e. The Balaban J connectivity index is 1.86. The lowest BCUT2D eigenvalue weighted by molar-refractivity contribution is -0.122. The second-order valence-corrected chi connectivity index (χ2v) is 4.78. The Kier molecular flexibility index (Phi) is 4.04. The van der Waals surface area contributed by atoms with Crippen molar-refractivity contribution in [2.45, 2.75) is 39.8 Å². The molecule has 0 bridgehead atoms. The molecule has 0 aliphatic rings. The van der Waals surface area contributed by atoms with Crippen molar-refractivity contribution in [1.29, 1.82) is 0 Å². The van der Waals surface area contributed by atoms with Crippen molar-refractivity contribution in [2.75, 3.05) is 0 Å². The van der Waals surface area contributed by atoms with Crippen LogP contribution in [0.15, 0.2) is 28.9 Å². The molecule has 5 heteroatoms. The Morgan fingerprint density at radius 2 is 2.32 bits per heavy atom. The molecule has 2 rings (SSSR count).